The van der Waals surface area contributed by atoms with Crippen LogP contribution in [0.3, 0.4) is 0 Å². The normalized spacial score (nSPS) is 17.8. The number of alkyl carbamates (subject to hydrolysis) is 1. The number of carbonyl (C=O) groups excluding carboxylic acids is 2. The quantitative estimate of drug-likeness (QED) is 0.771. The third kappa shape index (κ3) is 5.16. The molecule has 6 heteroatoms. The number of rotatable bonds is 4. The van der Waals surface area contributed by atoms with Crippen molar-refractivity contribution >= 4 is 18.1 Å². The van der Waals surface area contributed by atoms with E-state index >= 15 is 0 Å². The third-order valence-electron chi connectivity index (χ3n) is 4.37. The highest BCUT2D eigenvalue weighted by Gasteiger charge is 2.32. The molecule has 0 saturated carbocycles. The molecule has 1 amide bonds. The topological polar surface area (TPSA) is 73.9 Å². The molecule has 29 heavy (non-hydrogen) atoms. The fourth-order valence-corrected chi connectivity index (χ4v) is 3.05. The maximum Gasteiger partial charge on any atom is 0.408 e. The SMILES string of the molecule is COc1ccc(C(=O)O[C@H]2C=Cc3ccccc3[C@@H]2NC(=O)OC(C)(C)C)cc1. The van der Waals surface area contributed by atoms with Crippen LogP contribution in [0, 0.1) is 0 Å². The van der Waals surface area contributed by atoms with Crippen molar-refractivity contribution in [2.75, 3.05) is 7.11 Å². The Morgan fingerprint density at radius 1 is 1.00 bits per heavy atom. The lowest BCUT2D eigenvalue weighted by atomic mass is 9.91. The summed E-state index contributed by atoms with van der Waals surface area (Å²) in [6.45, 7) is 5.38. The number of methoxy groups -OCH3 is 1. The molecule has 1 N–H and O–H groups in total. The number of hydrogen-bond acceptors (Lipinski definition) is 5. The fourth-order valence-electron chi connectivity index (χ4n) is 3.05. The minimum absolute atomic E-state index is 0.397. The van der Waals surface area contributed by atoms with Crippen LogP contribution in [0.5, 0.6) is 5.75 Å². The van der Waals surface area contributed by atoms with Crippen molar-refractivity contribution in [1.82, 2.24) is 5.32 Å². The highest BCUT2D eigenvalue weighted by atomic mass is 16.6. The van der Waals surface area contributed by atoms with Crippen LogP contribution in [-0.4, -0.2) is 30.9 Å². The highest BCUT2D eigenvalue weighted by molar-refractivity contribution is 5.90. The molecular weight excluding hydrogens is 370 g/mol. The first kappa shape index (κ1) is 20.5. The van der Waals surface area contributed by atoms with E-state index in [2.05, 4.69) is 5.32 Å². The molecule has 0 radical (unpaired) electrons. The standard InChI is InChI=1S/C23H25NO5/c1-23(2,3)29-22(26)24-20-18-8-6-5-7-15(18)11-14-19(20)28-21(25)16-9-12-17(27-4)13-10-16/h5-14,19-20H,1-4H3,(H,24,26)/t19-,20-/m0/s1. The molecule has 1 aliphatic carbocycles. The van der Waals surface area contributed by atoms with Crippen molar-refractivity contribution < 1.29 is 23.8 Å². The molecule has 0 aromatic heterocycles. The Kier molecular flexibility index (Phi) is 5.92. The summed E-state index contributed by atoms with van der Waals surface area (Å²) in [6, 6.07) is 13.7. The van der Waals surface area contributed by atoms with Gasteiger partial charge in [0, 0.05) is 0 Å². The Balaban J connectivity index is 1.81. The first-order chi connectivity index (χ1) is 13.8. The van der Waals surface area contributed by atoms with Gasteiger partial charge in [0.2, 0.25) is 0 Å². The Hall–Kier alpha value is -3.28. The minimum Gasteiger partial charge on any atom is -0.497 e. The van der Waals surface area contributed by atoms with Gasteiger partial charge >= 0.3 is 12.1 Å². The average molecular weight is 395 g/mol. The van der Waals surface area contributed by atoms with Gasteiger partial charge in [-0.05, 0) is 62.2 Å². The summed E-state index contributed by atoms with van der Waals surface area (Å²) in [6.07, 6.45) is 2.41. The molecule has 1 aliphatic rings. The largest absolute Gasteiger partial charge is 0.497 e. The van der Waals surface area contributed by atoms with Crippen molar-refractivity contribution in [3.8, 4) is 5.75 Å². The molecule has 2 aromatic carbocycles. The Bertz CT molecular complexity index is 912. The van der Waals surface area contributed by atoms with E-state index in [4.69, 9.17) is 14.2 Å². The number of ether oxygens (including phenoxy) is 3. The van der Waals surface area contributed by atoms with E-state index in [1.54, 1.807) is 58.2 Å². The van der Waals surface area contributed by atoms with E-state index in [0.717, 1.165) is 11.1 Å². The van der Waals surface area contributed by atoms with Gasteiger partial charge in [-0.1, -0.05) is 30.3 Å². The van der Waals surface area contributed by atoms with E-state index in [1.807, 2.05) is 30.3 Å². The smallest absolute Gasteiger partial charge is 0.408 e. The number of nitrogens with one attached hydrogen (secondary N) is 1. The summed E-state index contributed by atoms with van der Waals surface area (Å²) in [5, 5.41) is 2.85. The van der Waals surface area contributed by atoms with E-state index in [1.165, 1.54) is 0 Å². The minimum atomic E-state index is -0.674. The fraction of sp³-hybridized carbons (Fsp3) is 0.304. The van der Waals surface area contributed by atoms with Crippen molar-refractivity contribution in [1.29, 1.82) is 0 Å². The summed E-state index contributed by atoms with van der Waals surface area (Å²) in [4.78, 5) is 25.0. The van der Waals surface area contributed by atoms with Gasteiger partial charge in [0.15, 0.2) is 0 Å². The predicted molar refractivity (Wildman–Crippen MR) is 110 cm³/mol. The summed E-state index contributed by atoms with van der Waals surface area (Å²) in [5.41, 5.74) is 1.57. The second-order valence-corrected chi connectivity index (χ2v) is 7.71. The van der Waals surface area contributed by atoms with Crippen LogP contribution in [0.2, 0.25) is 0 Å². The van der Waals surface area contributed by atoms with Gasteiger partial charge in [0.1, 0.15) is 17.5 Å². The Labute approximate surface area is 170 Å². The molecule has 152 valence electrons. The zero-order chi connectivity index (χ0) is 21.0. The lowest BCUT2D eigenvalue weighted by Crippen LogP contribution is -2.41. The zero-order valence-corrected chi connectivity index (χ0v) is 17.0. The molecule has 0 fully saturated rings. The molecule has 6 nitrogen and oxygen atoms in total. The van der Waals surface area contributed by atoms with E-state index in [0.29, 0.717) is 11.3 Å². The van der Waals surface area contributed by atoms with Crippen LogP contribution in [0.4, 0.5) is 4.79 Å². The Morgan fingerprint density at radius 2 is 1.69 bits per heavy atom. The van der Waals surface area contributed by atoms with Gasteiger partial charge in [0.25, 0.3) is 0 Å². The van der Waals surface area contributed by atoms with E-state index in [9.17, 15) is 9.59 Å². The lowest BCUT2D eigenvalue weighted by Gasteiger charge is -2.31. The van der Waals surface area contributed by atoms with Crippen LogP contribution in [-0.2, 0) is 9.47 Å². The van der Waals surface area contributed by atoms with Gasteiger partial charge in [-0.3, -0.25) is 0 Å². The summed E-state index contributed by atoms with van der Waals surface area (Å²) >= 11 is 0. The van der Waals surface area contributed by atoms with E-state index < -0.39 is 29.8 Å². The molecule has 2 aromatic rings. The summed E-state index contributed by atoms with van der Waals surface area (Å²) in [5.74, 6) is 0.162. The number of carbonyl (C=O) groups is 2. The molecule has 3 rings (SSSR count). The number of fused-ring (bicyclic) bond motifs is 1. The molecule has 0 spiro atoms. The number of benzene rings is 2. The molecule has 0 bridgehead atoms. The maximum absolute atomic E-state index is 12.6. The van der Waals surface area contributed by atoms with Crippen LogP contribution in [0.1, 0.15) is 48.3 Å². The van der Waals surface area contributed by atoms with Crippen molar-refractivity contribution in [2.24, 2.45) is 0 Å². The number of esters is 1. The lowest BCUT2D eigenvalue weighted by molar-refractivity contribution is 0.0241. The van der Waals surface area contributed by atoms with Crippen LogP contribution in [0.15, 0.2) is 54.6 Å². The van der Waals surface area contributed by atoms with Gasteiger partial charge in [-0.25, -0.2) is 9.59 Å². The zero-order valence-electron chi connectivity index (χ0n) is 17.0. The molecule has 2 atom stereocenters. The van der Waals surface area contributed by atoms with Crippen molar-refractivity contribution in [2.45, 2.75) is 38.5 Å². The summed E-state index contributed by atoms with van der Waals surface area (Å²) < 4.78 is 16.2. The molecule has 0 unspecified atom stereocenters. The van der Waals surface area contributed by atoms with Crippen molar-refractivity contribution in [3.63, 3.8) is 0 Å². The average Bonchev–Trinajstić information content (AvgIpc) is 2.68. The Morgan fingerprint density at radius 3 is 2.34 bits per heavy atom. The van der Waals surface area contributed by atoms with Gasteiger partial charge in [-0.2, -0.15) is 0 Å². The van der Waals surface area contributed by atoms with Crippen LogP contribution < -0.4 is 10.1 Å². The molecule has 0 heterocycles. The maximum atomic E-state index is 12.6. The first-order valence-corrected chi connectivity index (χ1v) is 9.38. The van der Waals surface area contributed by atoms with Crippen LogP contribution in [0.25, 0.3) is 6.08 Å². The van der Waals surface area contributed by atoms with Gasteiger partial charge < -0.3 is 19.5 Å². The van der Waals surface area contributed by atoms with Gasteiger partial charge in [0.05, 0.1) is 18.7 Å². The second kappa shape index (κ2) is 8.39. The monoisotopic (exact) mass is 395 g/mol. The number of hydrogen-bond donors (Lipinski definition) is 1. The predicted octanol–water partition coefficient (Wildman–Crippen LogP) is 4.51. The van der Waals surface area contributed by atoms with Crippen molar-refractivity contribution in [3.05, 3.63) is 71.3 Å². The molecule has 0 saturated heterocycles. The molecule has 0 aliphatic heterocycles. The highest BCUT2D eigenvalue weighted by Crippen LogP contribution is 2.31. The molecular formula is C23H25NO5. The number of amides is 1. The summed E-state index contributed by atoms with van der Waals surface area (Å²) in [7, 11) is 1.56. The van der Waals surface area contributed by atoms with E-state index in [-0.39, 0.29) is 0 Å². The first-order valence-electron chi connectivity index (χ1n) is 9.38. The second-order valence-electron chi connectivity index (χ2n) is 7.71. The van der Waals surface area contributed by atoms with Gasteiger partial charge in [-0.15, -0.1) is 0 Å². The third-order valence-corrected chi connectivity index (χ3v) is 4.37. The van der Waals surface area contributed by atoms with Crippen LogP contribution >= 0.6 is 0 Å².